The Labute approximate surface area is 858 Å². The van der Waals surface area contributed by atoms with Crippen molar-refractivity contribution in [1.82, 2.24) is 0 Å². The predicted octanol–water partition coefficient (Wildman–Crippen LogP) is 28.7. The lowest BCUT2D eigenvalue weighted by molar-refractivity contribution is -0.132. The van der Waals surface area contributed by atoms with Crippen LogP contribution in [0.3, 0.4) is 0 Å². The zero-order valence-corrected chi connectivity index (χ0v) is 96.4. The Hall–Kier alpha value is -12.0. The third-order valence-electron chi connectivity index (χ3n) is 21.6. The van der Waals surface area contributed by atoms with Crippen molar-refractivity contribution in [2.75, 3.05) is 105 Å². The van der Waals surface area contributed by atoms with Gasteiger partial charge in [0, 0.05) is 20.3 Å². The van der Waals surface area contributed by atoms with Gasteiger partial charge in [-0.3, -0.25) is 9.36 Å². The van der Waals surface area contributed by atoms with Crippen molar-refractivity contribution in [3.05, 3.63) is 238 Å². The van der Waals surface area contributed by atoms with Crippen LogP contribution in [-0.2, 0) is 73.6 Å². The summed E-state index contributed by atoms with van der Waals surface area (Å²) in [6, 6.07) is 55.9. The van der Waals surface area contributed by atoms with Crippen molar-refractivity contribution in [3.63, 3.8) is 0 Å². The fourth-order valence-electron chi connectivity index (χ4n) is 12.5. The standard InChI is InChI=1S/C13H21O3P.C13H18O3.C12H18O4S.2C12H18O2.5C11H16O2/c1-13(2,3)10-7-8-11(12(9-10)15-4)16-17(5,6)14;1-9(14)16-11-7-6-10(13(2,3)4)8-12(11)15-5;1-12(2,3)9-6-7-10(11(8-9)15-4)16-17(5,13)14;2*1-12(2,3)9-6-7-10(13-4)11(8-9)14-5;5*1-11(2,3)8-5-6-9(12)10(7-8)13-4/h7-9H,1-6H3;6-8H,1-5H3;6-8H,1-5H3;2*6-8H,1-5H3;5*5-7,12H,1-4H3. The zero-order chi connectivity index (χ0) is 111. The monoisotopic (exact) mass is 2030 g/mol. The Morgan fingerprint density at radius 2 is 0.364 bits per heavy atom. The fourth-order valence-corrected chi connectivity index (χ4v) is 13.6. The molecule has 10 aromatic carbocycles. The van der Waals surface area contributed by atoms with Gasteiger partial charge in [-0.1, -0.05) is 268 Å². The summed E-state index contributed by atoms with van der Waals surface area (Å²) in [4.78, 5) is 10.9. The second kappa shape index (κ2) is 55.2. The van der Waals surface area contributed by atoms with E-state index in [-0.39, 0.29) is 94.6 Å². The number of benzene rings is 10. The van der Waals surface area contributed by atoms with Gasteiger partial charge in [0.25, 0.3) is 0 Å². The largest absolute Gasteiger partial charge is 0.504 e. The second-order valence-electron chi connectivity index (χ2n) is 44.4. The molecule has 143 heavy (non-hydrogen) atoms. The molecule has 0 aliphatic carbocycles. The van der Waals surface area contributed by atoms with E-state index in [4.69, 9.17) is 70.3 Å². The van der Waals surface area contributed by atoms with Crippen molar-refractivity contribution in [3.8, 4) is 115 Å². The average molecular weight is 2030 g/mol. The Bertz CT molecular complexity index is 5350. The third kappa shape index (κ3) is 45.7. The maximum Gasteiger partial charge on any atom is 0.308 e. The molecule has 0 radical (unpaired) electrons. The van der Waals surface area contributed by atoms with Crippen LogP contribution in [-0.4, -0.2) is 145 Å². The van der Waals surface area contributed by atoms with E-state index >= 15 is 0 Å². The molecular formula is C117H173O24PS. The van der Waals surface area contributed by atoms with Crippen molar-refractivity contribution in [2.24, 2.45) is 0 Å². The van der Waals surface area contributed by atoms with Crippen molar-refractivity contribution in [2.45, 2.75) is 269 Å². The van der Waals surface area contributed by atoms with E-state index in [0.29, 0.717) is 57.5 Å². The van der Waals surface area contributed by atoms with Gasteiger partial charge in [0.15, 0.2) is 115 Å². The molecule has 0 unspecified atom stereocenters. The van der Waals surface area contributed by atoms with Gasteiger partial charge >= 0.3 is 16.1 Å². The number of rotatable bonds is 17. The Morgan fingerprint density at radius 1 is 0.224 bits per heavy atom. The predicted molar refractivity (Wildman–Crippen MR) is 585 cm³/mol. The molecule has 0 amide bonds. The van der Waals surface area contributed by atoms with Gasteiger partial charge in [0.2, 0.25) is 7.37 Å². The lowest BCUT2D eigenvalue weighted by atomic mass is 9.87. The van der Waals surface area contributed by atoms with Crippen molar-refractivity contribution < 1.29 is 114 Å². The summed E-state index contributed by atoms with van der Waals surface area (Å²) in [7, 11) is 12.9. The maximum absolute atomic E-state index is 11.7. The number of methoxy groups -OCH3 is 12. The van der Waals surface area contributed by atoms with Crippen LogP contribution in [0.4, 0.5) is 0 Å². The normalized spacial score (nSPS) is 11.5. The molecule has 796 valence electrons. The molecule has 0 fully saturated rings. The maximum atomic E-state index is 11.7. The summed E-state index contributed by atoms with van der Waals surface area (Å²) in [5, 5.41) is 46.9. The number of phenols is 5. The quantitative estimate of drug-likeness (QED) is 0.0245. The number of carbonyl (C=O) groups is 1. The summed E-state index contributed by atoms with van der Waals surface area (Å²) >= 11 is 0. The van der Waals surface area contributed by atoms with Gasteiger partial charge in [0.05, 0.1) is 91.6 Å². The summed E-state index contributed by atoms with van der Waals surface area (Å²) in [5.41, 5.74) is 12.4. The number of hydrogen-bond donors (Lipinski definition) is 5. The Balaban J connectivity index is 0.000000796. The molecule has 10 aromatic rings. The topological polar surface area (TPSA) is 308 Å². The number of phenolic OH excluding ortho intramolecular Hbond substituents is 5. The van der Waals surface area contributed by atoms with Crippen LogP contribution in [0.1, 0.15) is 270 Å². The van der Waals surface area contributed by atoms with Crippen molar-refractivity contribution >= 4 is 23.5 Å². The van der Waals surface area contributed by atoms with E-state index in [2.05, 4.69) is 220 Å². The number of aromatic hydroxyl groups is 5. The fraction of sp³-hybridized carbons (Fsp3) is 0.479. The number of ether oxygens (including phenoxy) is 13. The van der Waals surface area contributed by atoms with Crippen LogP contribution in [0.25, 0.3) is 0 Å². The lowest BCUT2D eigenvalue weighted by Crippen LogP contribution is -2.12. The van der Waals surface area contributed by atoms with Gasteiger partial charge in [-0.25, -0.2) is 0 Å². The minimum absolute atomic E-state index is 0.0309. The van der Waals surface area contributed by atoms with E-state index in [1.165, 1.54) is 25.2 Å². The molecule has 0 atom stereocenters. The first-order chi connectivity index (χ1) is 65.3. The molecular weight excluding hydrogens is 1850 g/mol. The Morgan fingerprint density at radius 3 is 0.524 bits per heavy atom. The van der Waals surface area contributed by atoms with Crippen LogP contribution in [0.5, 0.6) is 115 Å². The van der Waals surface area contributed by atoms with Crippen LogP contribution in [0.15, 0.2) is 182 Å². The third-order valence-corrected chi connectivity index (χ3v) is 22.7. The van der Waals surface area contributed by atoms with E-state index in [9.17, 15) is 43.3 Å². The van der Waals surface area contributed by atoms with Gasteiger partial charge < -0.3 is 95.8 Å². The summed E-state index contributed by atoms with van der Waals surface area (Å²) in [6.45, 7) is 68.4. The molecule has 0 saturated carbocycles. The average Bonchev–Trinajstić information content (AvgIpc) is 0.810. The van der Waals surface area contributed by atoms with E-state index in [1.54, 1.807) is 140 Å². The van der Waals surface area contributed by atoms with E-state index in [0.717, 1.165) is 73.8 Å². The van der Waals surface area contributed by atoms with Gasteiger partial charge in [-0.15, -0.1) is 0 Å². The molecule has 10 rings (SSSR count). The van der Waals surface area contributed by atoms with Crippen LogP contribution in [0, 0.1) is 0 Å². The van der Waals surface area contributed by atoms with Crippen LogP contribution < -0.4 is 70.3 Å². The first-order valence-electron chi connectivity index (χ1n) is 47.0. The summed E-state index contributed by atoms with van der Waals surface area (Å²) < 4.78 is 111. The highest BCUT2D eigenvalue weighted by Gasteiger charge is 2.26. The molecule has 5 N–H and O–H groups in total. The van der Waals surface area contributed by atoms with E-state index in [1.807, 2.05) is 121 Å². The molecule has 0 aromatic heterocycles. The minimum atomic E-state index is -3.54. The highest BCUT2D eigenvalue weighted by atomic mass is 32.2. The zero-order valence-electron chi connectivity index (χ0n) is 94.7. The highest BCUT2D eigenvalue weighted by Crippen LogP contribution is 2.46. The van der Waals surface area contributed by atoms with Gasteiger partial charge in [-0.05, 0) is 231 Å². The number of hydrogen-bond acceptors (Lipinski definition) is 24. The second-order valence-corrected chi connectivity index (χ2v) is 48.7. The van der Waals surface area contributed by atoms with Crippen LogP contribution >= 0.6 is 7.37 Å². The van der Waals surface area contributed by atoms with E-state index < -0.39 is 17.5 Å². The molecule has 0 aliphatic heterocycles. The van der Waals surface area contributed by atoms with Gasteiger partial charge in [0.1, 0.15) is 0 Å². The minimum Gasteiger partial charge on any atom is -0.504 e. The molecule has 0 saturated heterocycles. The first-order valence-corrected chi connectivity index (χ1v) is 51.4. The lowest BCUT2D eigenvalue weighted by Gasteiger charge is -2.21. The van der Waals surface area contributed by atoms with Crippen LogP contribution in [0.2, 0.25) is 0 Å². The molecule has 0 aliphatic rings. The smallest absolute Gasteiger partial charge is 0.308 e. The van der Waals surface area contributed by atoms with Gasteiger partial charge in [-0.2, -0.15) is 8.42 Å². The molecule has 24 nitrogen and oxygen atoms in total. The highest BCUT2D eigenvalue weighted by molar-refractivity contribution is 7.86. The summed E-state index contributed by atoms with van der Waals surface area (Å²) in [5.74, 6) is 9.26. The number of carbonyl (C=O) groups excluding carboxylic acids is 1. The molecule has 26 heteroatoms. The molecule has 0 spiro atoms. The Kier molecular flexibility index (Phi) is 49.8. The molecule has 0 bridgehead atoms. The van der Waals surface area contributed by atoms with Crippen molar-refractivity contribution in [1.29, 1.82) is 0 Å². The summed E-state index contributed by atoms with van der Waals surface area (Å²) in [6.07, 6.45) is 1.00. The molecule has 0 heterocycles. The first kappa shape index (κ1) is 129. The SMILES string of the molecule is COc1cc(C(C)(C)C)ccc1O.COc1cc(C(C)(C)C)ccc1O.COc1cc(C(C)(C)C)ccc1O.COc1cc(C(C)(C)C)ccc1O.COc1cc(C(C)(C)C)ccc1O.COc1cc(C(C)(C)C)ccc1OC(C)=O.COc1cc(C(C)(C)C)ccc1OP(C)(C)=O.COc1cc(C(C)(C)C)ccc1OS(C)(=O)=O.COc1ccc(C(C)(C)C)cc1OC.COc1ccc(C(C)(C)C)cc1OC. The number of esters is 1.